The van der Waals surface area contributed by atoms with Crippen molar-refractivity contribution >= 4 is 11.8 Å². The number of nitrogens with one attached hydrogen (secondary N) is 1. The van der Waals surface area contributed by atoms with E-state index in [1.54, 1.807) is 28.2 Å². The van der Waals surface area contributed by atoms with E-state index in [0.717, 1.165) is 31.5 Å². The van der Waals surface area contributed by atoms with Gasteiger partial charge in [-0.15, -0.1) is 10.2 Å². The molecular formula is C20H29N7O2. The van der Waals surface area contributed by atoms with Crippen LogP contribution in [0.5, 0.6) is 0 Å². The van der Waals surface area contributed by atoms with Crippen molar-refractivity contribution in [3.63, 3.8) is 0 Å². The van der Waals surface area contributed by atoms with Crippen molar-refractivity contribution in [1.29, 1.82) is 0 Å². The summed E-state index contributed by atoms with van der Waals surface area (Å²) in [5.74, 6) is 1.05. The Bertz CT molecular complexity index is 853. The molecular weight excluding hydrogens is 370 g/mol. The molecule has 2 aromatic rings. The zero-order valence-corrected chi connectivity index (χ0v) is 17.0. The Balaban J connectivity index is 1.34. The summed E-state index contributed by atoms with van der Waals surface area (Å²) >= 11 is 0. The van der Waals surface area contributed by atoms with Gasteiger partial charge in [-0.1, -0.05) is 19.3 Å². The highest BCUT2D eigenvalue weighted by Crippen LogP contribution is 2.28. The molecule has 1 atom stereocenters. The second-order valence-electron chi connectivity index (χ2n) is 8.12. The smallest absolute Gasteiger partial charge is 0.317 e. The first kappa shape index (κ1) is 19.6. The van der Waals surface area contributed by atoms with E-state index in [0.29, 0.717) is 31.5 Å². The minimum atomic E-state index is -0.207. The highest BCUT2D eigenvalue weighted by atomic mass is 16.2. The van der Waals surface area contributed by atoms with Crippen LogP contribution in [-0.4, -0.2) is 54.1 Å². The standard InChI is InChI=1S/C20H29N7O2/c1-25-11-9-21-19(25)18(28)15-6-5-10-26(13-15)20(29)22-12-17-24-23-14-27(17)16-7-3-2-4-8-16/h9,11,14-16H,2-8,10,12-13H2,1H3,(H,22,29)/t15-/m1/s1. The first-order chi connectivity index (χ1) is 14.1. The number of urea groups is 1. The van der Waals surface area contributed by atoms with E-state index in [4.69, 9.17) is 0 Å². The van der Waals surface area contributed by atoms with Crippen molar-refractivity contribution in [3.05, 3.63) is 30.4 Å². The molecule has 4 rings (SSSR count). The van der Waals surface area contributed by atoms with Crippen molar-refractivity contribution in [2.24, 2.45) is 13.0 Å². The summed E-state index contributed by atoms with van der Waals surface area (Å²) in [5, 5.41) is 11.2. The number of amides is 2. The minimum Gasteiger partial charge on any atom is -0.332 e. The van der Waals surface area contributed by atoms with Crippen LogP contribution in [-0.2, 0) is 13.6 Å². The number of Topliss-reactive ketones (excluding diaryl/α,β-unsaturated/α-hetero) is 1. The van der Waals surface area contributed by atoms with Gasteiger partial charge in [-0.05, 0) is 25.7 Å². The summed E-state index contributed by atoms with van der Waals surface area (Å²) < 4.78 is 3.85. The van der Waals surface area contributed by atoms with Crippen LogP contribution in [0, 0.1) is 5.92 Å². The molecule has 29 heavy (non-hydrogen) atoms. The summed E-state index contributed by atoms with van der Waals surface area (Å²) in [6.45, 7) is 1.43. The van der Waals surface area contributed by atoms with E-state index in [2.05, 4.69) is 25.1 Å². The quantitative estimate of drug-likeness (QED) is 0.778. The van der Waals surface area contributed by atoms with Gasteiger partial charge in [-0.2, -0.15) is 0 Å². The fourth-order valence-corrected chi connectivity index (χ4v) is 4.48. The lowest BCUT2D eigenvalue weighted by molar-refractivity contribution is 0.0831. The lowest BCUT2D eigenvalue weighted by Gasteiger charge is -2.32. The van der Waals surface area contributed by atoms with Gasteiger partial charge in [-0.25, -0.2) is 9.78 Å². The maximum absolute atomic E-state index is 12.8. The average molecular weight is 399 g/mol. The maximum Gasteiger partial charge on any atom is 0.317 e. The van der Waals surface area contributed by atoms with Crippen molar-refractivity contribution in [2.75, 3.05) is 13.1 Å². The molecule has 1 aliphatic heterocycles. The number of aryl methyl sites for hydroxylation is 1. The van der Waals surface area contributed by atoms with Crippen LogP contribution >= 0.6 is 0 Å². The number of hydrogen-bond acceptors (Lipinski definition) is 5. The van der Waals surface area contributed by atoms with Crippen LogP contribution < -0.4 is 5.32 Å². The molecule has 1 aliphatic carbocycles. The number of hydrogen-bond donors (Lipinski definition) is 1. The molecule has 2 amide bonds. The summed E-state index contributed by atoms with van der Waals surface area (Å²) in [5.41, 5.74) is 0. The molecule has 0 aromatic carbocycles. The molecule has 1 saturated carbocycles. The number of nitrogens with zero attached hydrogens (tertiary/aromatic N) is 6. The zero-order chi connectivity index (χ0) is 20.2. The summed E-state index contributed by atoms with van der Waals surface area (Å²) in [6, 6.07) is 0.279. The first-order valence-corrected chi connectivity index (χ1v) is 10.6. The Kier molecular flexibility index (Phi) is 5.92. The van der Waals surface area contributed by atoms with E-state index < -0.39 is 0 Å². The van der Waals surface area contributed by atoms with Gasteiger partial charge in [0.2, 0.25) is 5.78 Å². The summed E-state index contributed by atoms with van der Waals surface area (Å²) in [4.78, 5) is 31.4. The van der Waals surface area contributed by atoms with Gasteiger partial charge in [0.15, 0.2) is 11.6 Å². The predicted molar refractivity (Wildman–Crippen MR) is 106 cm³/mol. The average Bonchev–Trinajstić information content (AvgIpc) is 3.41. The molecule has 2 aliphatic rings. The highest BCUT2D eigenvalue weighted by molar-refractivity contribution is 5.95. The molecule has 0 radical (unpaired) electrons. The topological polar surface area (TPSA) is 97.9 Å². The van der Waals surface area contributed by atoms with Crippen molar-refractivity contribution in [3.8, 4) is 0 Å². The maximum atomic E-state index is 12.8. The SMILES string of the molecule is Cn1ccnc1C(=O)[C@@H]1CCCN(C(=O)NCc2nncn2C2CCCCC2)C1. The number of aromatic nitrogens is 5. The number of rotatable bonds is 5. The van der Waals surface area contributed by atoms with E-state index in [9.17, 15) is 9.59 Å². The fraction of sp³-hybridized carbons (Fsp3) is 0.650. The summed E-state index contributed by atoms with van der Waals surface area (Å²) in [6.07, 6.45) is 12.8. The third kappa shape index (κ3) is 4.33. The van der Waals surface area contributed by atoms with Gasteiger partial charge in [0.25, 0.3) is 0 Å². The summed E-state index contributed by atoms with van der Waals surface area (Å²) in [7, 11) is 1.82. The minimum absolute atomic E-state index is 0.00652. The lowest BCUT2D eigenvalue weighted by Crippen LogP contribution is -2.47. The molecule has 9 nitrogen and oxygen atoms in total. The van der Waals surface area contributed by atoms with E-state index in [1.807, 2.05) is 7.05 Å². The molecule has 1 N–H and O–H groups in total. The molecule has 0 unspecified atom stereocenters. The monoisotopic (exact) mass is 399 g/mol. The number of carbonyl (C=O) groups is 2. The predicted octanol–water partition coefficient (Wildman–Crippen LogP) is 2.32. The van der Waals surface area contributed by atoms with Crippen LogP contribution in [0.2, 0.25) is 0 Å². The molecule has 2 aromatic heterocycles. The number of imidazole rings is 1. The van der Waals surface area contributed by atoms with E-state index >= 15 is 0 Å². The largest absolute Gasteiger partial charge is 0.332 e. The van der Waals surface area contributed by atoms with Gasteiger partial charge in [0, 0.05) is 44.5 Å². The Morgan fingerprint density at radius 3 is 2.76 bits per heavy atom. The lowest BCUT2D eigenvalue weighted by atomic mass is 9.93. The number of ketones is 1. The van der Waals surface area contributed by atoms with Gasteiger partial charge < -0.3 is 19.4 Å². The number of carbonyl (C=O) groups excluding carboxylic acids is 2. The zero-order valence-electron chi connectivity index (χ0n) is 17.0. The van der Waals surface area contributed by atoms with Crippen LogP contribution in [0.25, 0.3) is 0 Å². The van der Waals surface area contributed by atoms with Crippen molar-refractivity contribution in [2.45, 2.75) is 57.5 Å². The molecule has 1 saturated heterocycles. The Hall–Kier alpha value is -2.71. The first-order valence-electron chi connectivity index (χ1n) is 10.6. The highest BCUT2D eigenvalue weighted by Gasteiger charge is 2.31. The van der Waals surface area contributed by atoms with E-state index in [-0.39, 0.29) is 17.7 Å². The molecule has 156 valence electrons. The van der Waals surface area contributed by atoms with Crippen LogP contribution in [0.15, 0.2) is 18.7 Å². The van der Waals surface area contributed by atoms with Crippen molar-refractivity contribution < 1.29 is 9.59 Å². The van der Waals surface area contributed by atoms with Crippen molar-refractivity contribution in [1.82, 2.24) is 34.5 Å². The van der Waals surface area contributed by atoms with Gasteiger partial charge in [0.05, 0.1) is 6.54 Å². The van der Waals surface area contributed by atoms with Gasteiger partial charge in [0.1, 0.15) is 6.33 Å². The van der Waals surface area contributed by atoms with Crippen LogP contribution in [0.1, 0.15) is 67.4 Å². The second-order valence-corrected chi connectivity index (χ2v) is 8.12. The third-order valence-electron chi connectivity index (χ3n) is 6.13. The number of piperidine rings is 1. The van der Waals surface area contributed by atoms with Gasteiger partial charge >= 0.3 is 6.03 Å². The molecule has 3 heterocycles. The Morgan fingerprint density at radius 1 is 1.17 bits per heavy atom. The number of likely N-dealkylation sites (tertiary alicyclic amines) is 1. The molecule has 9 heteroatoms. The molecule has 0 spiro atoms. The Labute approximate surface area is 170 Å². The van der Waals surface area contributed by atoms with Gasteiger partial charge in [-0.3, -0.25) is 4.79 Å². The van der Waals surface area contributed by atoms with E-state index in [1.165, 1.54) is 19.3 Å². The fourth-order valence-electron chi connectivity index (χ4n) is 4.48. The molecule has 2 fully saturated rings. The van der Waals surface area contributed by atoms with Crippen LogP contribution in [0.4, 0.5) is 4.79 Å². The Morgan fingerprint density at radius 2 is 2.00 bits per heavy atom. The van der Waals surface area contributed by atoms with Crippen LogP contribution in [0.3, 0.4) is 0 Å². The molecule has 0 bridgehead atoms. The second kappa shape index (κ2) is 8.75. The normalized spacial score (nSPS) is 20.6. The third-order valence-corrected chi connectivity index (χ3v) is 6.13.